The number of aromatic nitrogens is 1. The molecule has 0 radical (unpaired) electrons. The first-order valence-electron chi connectivity index (χ1n) is 8.32. The van der Waals surface area contributed by atoms with Crippen LogP contribution in [0.4, 0.5) is 0 Å². The van der Waals surface area contributed by atoms with Gasteiger partial charge in [0.1, 0.15) is 6.54 Å². The summed E-state index contributed by atoms with van der Waals surface area (Å²) in [5.74, 6) is 1.86. The molecule has 1 aromatic heterocycles. The first kappa shape index (κ1) is 19.0. The van der Waals surface area contributed by atoms with Crippen molar-refractivity contribution < 1.29 is 9.32 Å². The number of hydrogen-bond acceptors (Lipinski definition) is 4. The van der Waals surface area contributed by atoms with Crippen molar-refractivity contribution in [3.63, 3.8) is 0 Å². The van der Waals surface area contributed by atoms with E-state index in [4.69, 9.17) is 4.52 Å². The number of carbonyl (C=O) groups excluding carboxylic acids is 1. The first-order chi connectivity index (χ1) is 11.1. The van der Waals surface area contributed by atoms with Gasteiger partial charge in [0.15, 0.2) is 11.7 Å². The van der Waals surface area contributed by atoms with E-state index in [1.54, 1.807) is 0 Å². The second-order valence-electron chi connectivity index (χ2n) is 5.34. The highest BCUT2D eigenvalue weighted by atomic mass is 16.5. The number of nitrogens with one attached hydrogen (secondary N) is 3. The van der Waals surface area contributed by atoms with Gasteiger partial charge in [0, 0.05) is 38.5 Å². The Morgan fingerprint density at radius 3 is 2.52 bits per heavy atom. The van der Waals surface area contributed by atoms with Crippen molar-refractivity contribution >= 4 is 11.9 Å². The van der Waals surface area contributed by atoms with Crippen LogP contribution in [0.2, 0.25) is 0 Å². The fraction of sp³-hybridized carbons (Fsp3) is 0.688. The lowest BCUT2D eigenvalue weighted by Gasteiger charge is -2.10. The van der Waals surface area contributed by atoms with E-state index in [-0.39, 0.29) is 5.91 Å². The van der Waals surface area contributed by atoms with E-state index in [2.05, 4.69) is 39.9 Å². The van der Waals surface area contributed by atoms with Gasteiger partial charge in [0.2, 0.25) is 5.91 Å². The summed E-state index contributed by atoms with van der Waals surface area (Å²) >= 11 is 0. The van der Waals surface area contributed by atoms with E-state index in [1.165, 1.54) is 6.92 Å². The second-order valence-corrected chi connectivity index (χ2v) is 5.34. The van der Waals surface area contributed by atoms with E-state index in [0.29, 0.717) is 31.5 Å². The van der Waals surface area contributed by atoms with E-state index in [9.17, 15) is 4.79 Å². The number of aliphatic imine (C=N–C) groups is 1. The largest absolute Gasteiger partial charge is 0.359 e. The van der Waals surface area contributed by atoms with E-state index >= 15 is 0 Å². The number of amides is 1. The third kappa shape index (κ3) is 7.17. The molecule has 1 aromatic rings. The number of nitrogens with zero attached hydrogens (tertiary/aromatic N) is 2. The van der Waals surface area contributed by atoms with Crippen LogP contribution < -0.4 is 16.0 Å². The molecule has 1 heterocycles. The fourth-order valence-electron chi connectivity index (χ4n) is 2.22. The Balaban J connectivity index is 2.54. The van der Waals surface area contributed by atoms with Gasteiger partial charge in [-0.2, -0.15) is 0 Å². The molecule has 0 fully saturated rings. The molecule has 1 rings (SSSR count). The molecule has 7 nitrogen and oxygen atoms in total. The van der Waals surface area contributed by atoms with Crippen LogP contribution in [0, 0.1) is 0 Å². The van der Waals surface area contributed by atoms with Gasteiger partial charge < -0.3 is 20.5 Å². The zero-order valence-electron chi connectivity index (χ0n) is 14.6. The number of carbonyl (C=O) groups is 1. The van der Waals surface area contributed by atoms with E-state index in [0.717, 1.165) is 30.8 Å². The van der Waals surface area contributed by atoms with Crippen molar-refractivity contribution in [1.29, 1.82) is 0 Å². The van der Waals surface area contributed by atoms with Gasteiger partial charge in [-0.1, -0.05) is 19.0 Å². The molecule has 0 atom stereocenters. The molecule has 0 aliphatic rings. The Labute approximate surface area is 138 Å². The molecule has 0 aromatic carbocycles. The molecule has 0 aliphatic carbocycles. The highest BCUT2D eigenvalue weighted by Gasteiger charge is 2.12. The van der Waals surface area contributed by atoms with Crippen LogP contribution in [0.1, 0.15) is 57.9 Å². The Kier molecular flexibility index (Phi) is 8.79. The maximum absolute atomic E-state index is 10.8. The highest BCUT2D eigenvalue weighted by molar-refractivity contribution is 5.79. The first-order valence-corrected chi connectivity index (χ1v) is 8.32. The molecule has 0 bridgehead atoms. The average molecular weight is 323 g/mol. The van der Waals surface area contributed by atoms with Crippen LogP contribution in [0.25, 0.3) is 0 Å². The average Bonchev–Trinajstić information content (AvgIpc) is 2.99. The molecule has 23 heavy (non-hydrogen) atoms. The van der Waals surface area contributed by atoms with Crippen molar-refractivity contribution in [3.8, 4) is 0 Å². The van der Waals surface area contributed by atoms with Crippen molar-refractivity contribution in [1.82, 2.24) is 21.1 Å². The summed E-state index contributed by atoms with van der Waals surface area (Å²) < 4.78 is 5.37. The quantitative estimate of drug-likeness (QED) is 0.366. The summed E-state index contributed by atoms with van der Waals surface area (Å²) in [5, 5.41) is 13.2. The van der Waals surface area contributed by atoms with Crippen molar-refractivity contribution in [3.05, 3.63) is 17.5 Å². The fourth-order valence-corrected chi connectivity index (χ4v) is 2.22. The van der Waals surface area contributed by atoms with Crippen LogP contribution in [-0.4, -0.2) is 36.7 Å². The molecular formula is C16H29N5O2. The molecular weight excluding hydrogens is 294 g/mol. The van der Waals surface area contributed by atoms with Crippen LogP contribution in [0.5, 0.6) is 0 Å². The standard InChI is InChI=1S/C16H29N5O2/c1-5-13(6-2)15-10-14(23-21-15)11-20-16(17-7-3)19-9-8-18-12(4)22/h10,13H,5-9,11H2,1-4H3,(H,18,22)(H2,17,19,20). The number of rotatable bonds is 9. The second kappa shape index (κ2) is 10.6. The van der Waals surface area contributed by atoms with Crippen LogP contribution in [0.3, 0.4) is 0 Å². The van der Waals surface area contributed by atoms with Gasteiger partial charge in [0.25, 0.3) is 0 Å². The summed E-state index contributed by atoms with van der Waals surface area (Å²) in [6.45, 7) is 10.2. The third-order valence-corrected chi connectivity index (χ3v) is 3.51. The van der Waals surface area contributed by atoms with Gasteiger partial charge in [-0.15, -0.1) is 0 Å². The van der Waals surface area contributed by atoms with Gasteiger partial charge >= 0.3 is 0 Å². The predicted octanol–water partition coefficient (Wildman–Crippen LogP) is 1.77. The summed E-state index contributed by atoms with van der Waals surface area (Å²) in [4.78, 5) is 15.3. The maximum Gasteiger partial charge on any atom is 0.216 e. The van der Waals surface area contributed by atoms with Gasteiger partial charge in [-0.05, 0) is 19.8 Å². The minimum atomic E-state index is -0.0377. The zero-order valence-corrected chi connectivity index (χ0v) is 14.6. The van der Waals surface area contributed by atoms with Crippen molar-refractivity contribution in [2.45, 2.75) is 53.0 Å². The molecule has 130 valence electrons. The molecule has 1 amide bonds. The summed E-state index contributed by atoms with van der Waals surface area (Å²) in [7, 11) is 0. The Hall–Kier alpha value is -2.05. The maximum atomic E-state index is 10.8. The van der Waals surface area contributed by atoms with Crippen molar-refractivity contribution in [2.24, 2.45) is 4.99 Å². The normalized spacial score (nSPS) is 11.6. The Bertz CT molecular complexity index is 494. The van der Waals surface area contributed by atoms with Gasteiger partial charge in [-0.25, -0.2) is 4.99 Å². The molecule has 0 saturated heterocycles. The Morgan fingerprint density at radius 2 is 1.91 bits per heavy atom. The monoisotopic (exact) mass is 323 g/mol. The van der Waals surface area contributed by atoms with Crippen LogP contribution >= 0.6 is 0 Å². The van der Waals surface area contributed by atoms with Crippen molar-refractivity contribution in [2.75, 3.05) is 19.6 Å². The minimum absolute atomic E-state index is 0.0377. The minimum Gasteiger partial charge on any atom is -0.359 e. The SMILES string of the molecule is CCNC(=NCc1cc(C(CC)CC)no1)NCCNC(C)=O. The van der Waals surface area contributed by atoms with Gasteiger partial charge in [0.05, 0.1) is 5.69 Å². The molecule has 7 heteroatoms. The third-order valence-electron chi connectivity index (χ3n) is 3.51. The lowest BCUT2D eigenvalue weighted by molar-refractivity contribution is -0.118. The lowest BCUT2D eigenvalue weighted by Crippen LogP contribution is -2.41. The summed E-state index contributed by atoms with van der Waals surface area (Å²) in [5.41, 5.74) is 1.00. The molecule has 0 saturated carbocycles. The summed E-state index contributed by atoms with van der Waals surface area (Å²) in [6, 6.07) is 1.99. The molecule has 0 aliphatic heterocycles. The number of hydrogen-bond donors (Lipinski definition) is 3. The number of guanidine groups is 1. The van der Waals surface area contributed by atoms with Crippen LogP contribution in [-0.2, 0) is 11.3 Å². The van der Waals surface area contributed by atoms with Crippen LogP contribution in [0.15, 0.2) is 15.6 Å². The molecule has 0 spiro atoms. The molecule has 0 unspecified atom stereocenters. The van der Waals surface area contributed by atoms with Gasteiger partial charge in [-0.3, -0.25) is 4.79 Å². The summed E-state index contributed by atoms with van der Waals surface area (Å²) in [6.07, 6.45) is 2.11. The molecule has 3 N–H and O–H groups in total. The smallest absolute Gasteiger partial charge is 0.216 e. The highest BCUT2D eigenvalue weighted by Crippen LogP contribution is 2.22. The zero-order chi connectivity index (χ0) is 17.1. The van der Waals surface area contributed by atoms with E-state index < -0.39 is 0 Å². The predicted molar refractivity (Wildman–Crippen MR) is 91.3 cm³/mol. The Morgan fingerprint density at radius 1 is 1.22 bits per heavy atom. The topological polar surface area (TPSA) is 91.6 Å². The van der Waals surface area contributed by atoms with E-state index in [1.807, 2.05) is 13.0 Å². The lowest BCUT2D eigenvalue weighted by atomic mass is 9.99.